The standard InChI is InChI=1S/C7H7BrO.CH5BS/c8-7-3-1-2-6(4-7)5-9;1-2-3/h1-4,9H,5H2;2-3H,1H3/i9T;2D. The van der Waals surface area contributed by atoms with E-state index in [-0.39, 0.29) is 6.52 Å². The highest BCUT2D eigenvalue weighted by Gasteiger charge is 1.88. The minimum Gasteiger partial charge on any atom is -0.392 e. The van der Waals surface area contributed by atoms with Crippen LogP contribution in [0.25, 0.3) is 0 Å². The van der Waals surface area contributed by atoms with Crippen molar-refractivity contribution < 1.29 is 5.11 Å². The van der Waals surface area contributed by atoms with Crippen LogP contribution in [0, 0.1) is 0 Å². The Balaban J connectivity index is 0.000000364. The molecule has 4 heteroatoms. The largest absolute Gasteiger partial charge is 0.392 e. The summed E-state index contributed by atoms with van der Waals surface area (Å²) in [5.74, 6) is 0. The Morgan fingerprint density at radius 1 is 1.92 bits per heavy atom. The van der Waals surface area contributed by atoms with E-state index >= 15 is 0 Å². The molecule has 1 nitrogen and oxygen atoms in total. The molecule has 0 saturated carbocycles. The number of benzene rings is 1. The summed E-state index contributed by atoms with van der Waals surface area (Å²) in [5.41, 5.74) is 1.00. The number of rotatable bonds is 2. The van der Waals surface area contributed by atoms with E-state index in [1.165, 1.54) is 0 Å². The summed E-state index contributed by atoms with van der Waals surface area (Å²) in [5, 5.41) is 4.21. The molecule has 0 radical (unpaired) electrons. The molecule has 1 rings (SSSR count). The molecule has 0 aliphatic carbocycles. The summed E-state index contributed by atoms with van der Waals surface area (Å²) in [7, 11) is 0. The van der Waals surface area contributed by atoms with Crippen LogP contribution in [-0.2, 0) is 6.61 Å². The first-order chi connectivity index (χ1) is 6.56. The molecule has 66 valence electrons. The van der Waals surface area contributed by atoms with E-state index in [1.807, 2.05) is 24.3 Å². The van der Waals surface area contributed by atoms with Gasteiger partial charge in [0.05, 0.1) is 6.61 Å². The molecule has 1 aromatic rings. The van der Waals surface area contributed by atoms with Crippen molar-refractivity contribution in [1.82, 2.24) is 0 Å². The van der Waals surface area contributed by atoms with Gasteiger partial charge in [0.25, 0.3) is 0 Å². The van der Waals surface area contributed by atoms with Crippen molar-refractivity contribution in [1.29, 1.82) is 2.77 Å². The number of thiol groups is 1. The van der Waals surface area contributed by atoms with Gasteiger partial charge in [-0.25, -0.2) is 12.5 Å². The Kier molecular flexibility index (Phi) is 5.57. The van der Waals surface area contributed by atoms with Gasteiger partial charge in [-0.1, -0.05) is 34.9 Å². The first-order valence-corrected chi connectivity index (χ1v) is 4.80. The highest BCUT2D eigenvalue weighted by Crippen LogP contribution is 2.10. The molecule has 0 aromatic heterocycles. The van der Waals surface area contributed by atoms with Crippen LogP contribution in [0.1, 0.15) is 5.56 Å². The van der Waals surface area contributed by atoms with Gasteiger partial charge >= 0.3 is 0 Å². The van der Waals surface area contributed by atoms with Gasteiger partial charge in [-0.3, -0.25) is 0 Å². The van der Waals surface area contributed by atoms with Gasteiger partial charge in [0.1, 0.15) is 0 Å². The van der Waals surface area contributed by atoms with E-state index < -0.39 is 0 Å². The molecule has 0 aliphatic heterocycles. The second-order valence-corrected chi connectivity index (χ2v) is 3.46. The maximum atomic E-state index is 6.50. The Bertz CT molecular complexity index is 260. The van der Waals surface area contributed by atoms with Gasteiger partial charge in [0.2, 0.25) is 1.43 Å². The summed E-state index contributed by atoms with van der Waals surface area (Å²) < 4.78 is 14.0. The zero-order chi connectivity index (χ0) is 11.0. The number of hydrogen-bond donors (Lipinski definition) is 2. The van der Waals surface area contributed by atoms with Crippen LogP contribution in [0.3, 0.4) is 0 Å². The highest BCUT2D eigenvalue weighted by molar-refractivity contribution is 9.10. The van der Waals surface area contributed by atoms with E-state index in [0.717, 1.165) is 10.0 Å². The zero-order valence-electron chi connectivity index (χ0n) is 8.83. The lowest BCUT2D eigenvalue weighted by molar-refractivity contribution is 0.282. The highest BCUT2D eigenvalue weighted by atomic mass is 79.9. The van der Waals surface area contributed by atoms with Gasteiger partial charge in [0, 0.05) is 4.47 Å². The molecule has 0 unspecified atom stereocenters. The summed E-state index contributed by atoms with van der Waals surface area (Å²) in [4.78, 5) is 0. The third kappa shape index (κ3) is 5.69. The van der Waals surface area contributed by atoms with Crippen LogP contribution < -0.4 is 0 Å². The molecular formula is C8H12BBrOS. The second-order valence-electron chi connectivity index (χ2n) is 2.03. The smallest absolute Gasteiger partial charge is 0.211 e. The van der Waals surface area contributed by atoms with E-state index in [2.05, 4.69) is 33.5 Å². The van der Waals surface area contributed by atoms with Crippen molar-refractivity contribution >= 4 is 34.9 Å². The zero-order valence-corrected chi connectivity index (χ0v) is 9.31. The summed E-state index contributed by atoms with van der Waals surface area (Å²) >= 11 is 6.95. The molecule has 0 heterocycles. The van der Waals surface area contributed by atoms with Crippen LogP contribution >= 0.6 is 28.4 Å². The monoisotopic (exact) mass is 249 g/mol. The van der Waals surface area contributed by atoms with Crippen molar-refractivity contribution in [3.63, 3.8) is 0 Å². The van der Waals surface area contributed by atoms with Gasteiger partial charge in [-0.05, 0) is 19.0 Å². The van der Waals surface area contributed by atoms with E-state index in [0.29, 0.717) is 6.61 Å². The molecule has 0 amide bonds. The summed E-state index contributed by atoms with van der Waals surface area (Å²) in [6, 6.07) is 7.69. The third-order valence-corrected chi connectivity index (χ3v) is 1.55. The molecule has 1 N–H and O–H groups in total. The van der Waals surface area contributed by atoms with E-state index in [4.69, 9.17) is 2.77 Å². The Hall–Kier alpha value is 0.0749. The van der Waals surface area contributed by atoms with Gasteiger partial charge in [-0.15, -0.1) is 0 Å². The Morgan fingerprint density at radius 3 is 3.08 bits per heavy atom. The minimum absolute atomic E-state index is 0.222. The average Bonchev–Trinajstić information content (AvgIpc) is 2.03. The SMILES string of the molecule is [2H]B(C)S.[3H]OCc1cccc(Br)c1. The molecule has 0 saturated heterocycles. The molecule has 0 spiro atoms. The van der Waals surface area contributed by atoms with E-state index in [9.17, 15) is 0 Å². The fraction of sp³-hybridized carbons (Fsp3) is 0.250. The number of aliphatic hydroxyl groups is 1. The first-order valence-electron chi connectivity index (χ1n) is 4.47. The lowest BCUT2D eigenvalue weighted by atomic mass is 10.2. The number of aliphatic hydroxyl groups excluding tert-OH is 1. The molecule has 1 aromatic carbocycles. The van der Waals surface area contributed by atoms with Gasteiger partial charge in [0.15, 0.2) is 6.52 Å². The molecule has 0 fully saturated rings. The predicted molar refractivity (Wildman–Crippen MR) is 62.1 cm³/mol. The van der Waals surface area contributed by atoms with Gasteiger partial charge < -0.3 is 5.11 Å². The first kappa shape index (κ1) is 8.66. The van der Waals surface area contributed by atoms with Gasteiger partial charge in [-0.2, -0.15) is 0 Å². The maximum Gasteiger partial charge on any atom is 0.211 e. The molecule has 12 heavy (non-hydrogen) atoms. The van der Waals surface area contributed by atoms with Crippen LogP contribution in [0.5, 0.6) is 0 Å². The average molecular weight is 250 g/mol. The number of halogens is 1. The van der Waals surface area contributed by atoms with Crippen molar-refractivity contribution in [3.05, 3.63) is 34.3 Å². The van der Waals surface area contributed by atoms with Crippen LogP contribution in [0.15, 0.2) is 28.7 Å². The second kappa shape index (κ2) is 7.71. The van der Waals surface area contributed by atoms with Crippen LogP contribution in [0.4, 0.5) is 0 Å². The maximum absolute atomic E-state index is 6.50. The van der Waals surface area contributed by atoms with Crippen LogP contribution in [-0.4, -0.2) is 14.4 Å². The van der Waals surface area contributed by atoms with Crippen LogP contribution in [0.2, 0.25) is 6.82 Å². The lowest BCUT2D eigenvalue weighted by Crippen LogP contribution is -1.79. The fourth-order valence-corrected chi connectivity index (χ4v) is 1.07. The Morgan fingerprint density at radius 2 is 2.58 bits per heavy atom. The Labute approximate surface area is 90.7 Å². The predicted octanol–water partition coefficient (Wildman–Crippen LogP) is 2.26. The van der Waals surface area contributed by atoms with Crippen molar-refractivity contribution in [2.75, 3.05) is 0 Å². The van der Waals surface area contributed by atoms with Crippen molar-refractivity contribution in [2.24, 2.45) is 0 Å². The fourth-order valence-electron chi connectivity index (χ4n) is 0.627. The topological polar surface area (TPSA) is 20.2 Å². The molecule has 0 aliphatic rings. The number of hydrogen-bond acceptors (Lipinski definition) is 2. The quantitative estimate of drug-likeness (QED) is 0.609. The van der Waals surface area contributed by atoms with E-state index in [1.54, 1.807) is 6.82 Å². The van der Waals surface area contributed by atoms with Crippen molar-refractivity contribution in [3.8, 4) is 0 Å². The molecule has 0 atom stereocenters. The summed E-state index contributed by atoms with van der Waals surface area (Å²) in [6.45, 7) is 1.82. The molecular weight excluding hydrogens is 235 g/mol. The molecule has 0 bridgehead atoms. The minimum atomic E-state index is -0.222. The third-order valence-electron chi connectivity index (χ3n) is 1.06. The lowest BCUT2D eigenvalue weighted by Gasteiger charge is -1.93. The summed E-state index contributed by atoms with van der Waals surface area (Å²) in [6.07, 6.45) is 0. The normalized spacial score (nSPS) is 10.6. The van der Waals surface area contributed by atoms with Crippen molar-refractivity contribution in [2.45, 2.75) is 13.4 Å².